The van der Waals surface area contributed by atoms with Crippen LogP contribution in [0.15, 0.2) is 10.4 Å². The third-order valence-corrected chi connectivity index (χ3v) is 5.36. The molecule has 1 aliphatic rings. The van der Waals surface area contributed by atoms with Crippen LogP contribution in [0.1, 0.15) is 56.5 Å². The molecule has 0 saturated heterocycles. The zero-order chi connectivity index (χ0) is 18.7. The van der Waals surface area contributed by atoms with Gasteiger partial charge in [-0.3, -0.25) is 4.99 Å². The number of aromatic nitrogens is 4. The Morgan fingerprint density at radius 1 is 1.37 bits per heavy atom. The maximum atomic E-state index is 4.73. The van der Waals surface area contributed by atoms with Crippen molar-refractivity contribution in [3.63, 3.8) is 0 Å². The molecule has 0 saturated carbocycles. The van der Waals surface area contributed by atoms with Gasteiger partial charge >= 0.3 is 0 Å². The highest BCUT2D eigenvalue weighted by Crippen LogP contribution is 2.23. The van der Waals surface area contributed by atoms with E-state index in [1.165, 1.54) is 0 Å². The molecular formula is C18H30IN7S. The molecule has 3 heterocycles. The Labute approximate surface area is 182 Å². The molecule has 0 radical (unpaired) electrons. The summed E-state index contributed by atoms with van der Waals surface area (Å²) in [6, 6.07) is 0.307. The first-order valence-electron chi connectivity index (χ1n) is 9.23. The van der Waals surface area contributed by atoms with Crippen molar-refractivity contribution in [2.24, 2.45) is 4.99 Å². The normalized spacial score (nSPS) is 17.2. The van der Waals surface area contributed by atoms with Crippen molar-refractivity contribution in [3.8, 4) is 0 Å². The molecule has 9 heteroatoms. The van der Waals surface area contributed by atoms with Crippen molar-refractivity contribution < 1.29 is 0 Å². The van der Waals surface area contributed by atoms with Crippen molar-refractivity contribution in [2.45, 2.75) is 71.5 Å². The Morgan fingerprint density at radius 3 is 2.78 bits per heavy atom. The maximum Gasteiger partial charge on any atom is 0.191 e. The van der Waals surface area contributed by atoms with Gasteiger partial charge in [-0.2, -0.15) is 5.10 Å². The van der Waals surface area contributed by atoms with Crippen LogP contribution in [0.4, 0.5) is 0 Å². The predicted molar refractivity (Wildman–Crippen MR) is 121 cm³/mol. The van der Waals surface area contributed by atoms with Gasteiger partial charge in [0.2, 0.25) is 0 Å². The zero-order valence-corrected chi connectivity index (χ0v) is 19.9. The Morgan fingerprint density at radius 2 is 2.15 bits per heavy atom. The van der Waals surface area contributed by atoms with Gasteiger partial charge < -0.3 is 10.6 Å². The Bertz CT molecular complexity index is 775. The van der Waals surface area contributed by atoms with E-state index >= 15 is 0 Å². The minimum atomic E-state index is 0. The van der Waals surface area contributed by atoms with E-state index in [1.807, 2.05) is 4.68 Å². The lowest BCUT2D eigenvalue weighted by Gasteiger charge is -2.25. The Balaban J connectivity index is 0.00000261. The molecule has 1 aliphatic heterocycles. The summed E-state index contributed by atoms with van der Waals surface area (Å²) in [5.41, 5.74) is 1.23. The highest BCUT2D eigenvalue weighted by Gasteiger charge is 2.22. The number of halogens is 1. The number of rotatable bonds is 4. The number of aryl methyl sites for hydroxylation is 2. The molecule has 0 aromatic carbocycles. The second kappa shape index (κ2) is 9.31. The van der Waals surface area contributed by atoms with E-state index in [0.29, 0.717) is 12.6 Å². The van der Waals surface area contributed by atoms with Crippen molar-refractivity contribution in [1.29, 1.82) is 0 Å². The van der Waals surface area contributed by atoms with E-state index in [1.54, 1.807) is 18.4 Å². The number of hydrogen-bond acceptors (Lipinski definition) is 5. The van der Waals surface area contributed by atoms with Gasteiger partial charge in [0.15, 0.2) is 11.8 Å². The van der Waals surface area contributed by atoms with E-state index in [-0.39, 0.29) is 29.4 Å². The van der Waals surface area contributed by atoms with Crippen LogP contribution in [0.25, 0.3) is 0 Å². The van der Waals surface area contributed by atoms with Crippen LogP contribution >= 0.6 is 35.3 Å². The highest BCUT2D eigenvalue weighted by atomic mass is 127. The summed E-state index contributed by atoms with van der Waals surface area (Å²) in [6.45, 7) is 10.2. The minimum absolute atomic E-state index is 0. The van der Waals surface area contributed by atoms with Gasteiger partial charge in [-0.1, -0.05) is 27.7 Å². The molecule has 2 aromatic rings. The smallest absolute Gasteiger partial charge is 0.191 e. The second-order valence-electron chi connectivity index (χ2n) is 7.66. The zero-order valence-electron chi connectivity index (χ0n) is 16.7. The second-order valence-corrected chi connectivity index (χ2v) is 8.60. The lowest BCUT2D eigenvalue weighted by molar-refractivity contribution is 0.392. The lowest BCUT2D eigenvalue weighted by atomic mass is 9.93. The summed E-state index contributed by atoms with van der Waals surface area (Å²) in [6.07, 6.45) is 2.86. The molecule has 2 N–H and O–H groups in total. The Hall–Kier alpha value is -1.23. The quantitative estimate of drug-likeness (QED) is 0.381. The number of thiazole rings is 1. The SMILES string of the molecule is CCc1nc2n(n1)CC(NC(=NC)NCc1nc(C(C)(C)C)cs1)CC2.I. The van der Waals surface area contributed by atoms with Crippen molar-refractivity contribution in [2.75, 3.05) is 7.05 Å². The molecule has 1 atom stereocenters. The molecule has 0 spiro atoms. The van der Waals surface area contributed by atoms with E-state index in [4.69, 9.17) is 4.98 Å². The number of fused-ring (bicyclic) bond motifs is 1. The average Bonchev–Trinajstić information content (AvgIpc) is 3.24. The molecule has 0 aliphatic carbocycles. The summed E-state index contributed by atoms with van der Waals surface area (Å²) in [4.78, 5) is 13.7. The standard InChI is InChI=1S/C18H29N7S.HI/c1-6-14-23-15-8-7-12(10-25(15)24-14)21-17(19-5)20-9-16-22-13(11-26-16)18(2,3)4;/h11-12H,6-10H2,1-5H3,(H2,19,20,21);1H. The van der Waals surface area contributed by atoms with Gasteiger partial charge in [-0.25, -0.2) is 14.6 Å². The van der Waals surface area contributed by atoms with Crippen LogP contribution < -0.4 is 10.6 Å². The predicted octanol–water partition coefficient (Wildman–Crippen LogP) is 2.89. The number of nitrogens with one attached hydrogen (secondary N) is 2. The fourth-order valence-electron chi connectivity index (χ4n) is 2.91. The van der Waals surface area contributed by atoms with Crippen LogP contribution in [0.2, 0.25) is 0 Å². The molecule has 7 nitrogen and oxygen atoms in total. The van der Waals surface area contributed by atoms with Gasteiger partial charge in [0, 0.05) is 36.7 Å². The first-order valence-corrected chi connectivity index (χ1v) is 10.1. The van der Waals surface area contributed by atoms with Crippen molar-refractivity contribution in [3.05, 3.63) is 27.7 Å². The fourth-order valence-corrected chi connectivity index (χ4v) is 3.87. The van der Waals surface area contributed by atoms with Crippen LogP contribution in [-0.2, 0) is 31.3 Å². The third-order valence-electron chi connectivity index (χ3n) is 4.51. The molecule has 0 bridgehead atoms. The van der Waals surface area contributed by atoms with E-state index in [2.05, 4.69) is 58.8 Å². The maximum absolute atomic E-state index is 4.73. The van der Waals surface area contributed by atoms with E-state index in [9.17, 15) is 0 Å². The average molecular weight is 503 g/mol. The van der Waals surface area contributed by atoms with Crippen LogP contribution in [0.3, 0.4) is 0 Å². The van der Waals surface area contributed by atoms with Crippen LogP contribution in [-0.4, -0.2) is 38.8 Å². The van der Waals surface area contributed by atoms with Gasteiger partial charge in [0.25, 0.3) is 0 Å². The molecule has 150 valence electrons. The number of hydrogen-bond donors (Lipinski definition) is 2. The summed E-state index contributed by atoms with van der Waals surface area (Å²) in [5.74, 6) is 2.84. The third kappa shape index (κ3) is 5.63. The van der Waals surface area contributed by atoms with Crippen molar-refractivity contribution in [1.82, 2.24) is 30.4 Å². The summed E-state index contributed by atoms with van der Waals surface area (Å²) < 4.78 is 2.03. The lowest BCUT2D eigenvalue weighted by Crippen LogP contribution is -2.46. The first kappa shape index (κ1) is 22.1. The molecule has 2 aromatic heterocycles. The largest absolute Gasteiger partial charge is 0.352 e. The van der Waals surface area contributed by atoms with Gasteiger partial charge in [-0.15, -0.1) is 35.3 Å². The molecule has 27 heavy (non-hydrogen) atoms. The van der Waals surface area contributed by atoms with Gasteiger partial charge in [0.1, 0.15) is 10.8 Å². The molecule has 1 unspecified atom stereocenters. The number of nitrogens with zero attached hydrogens (tertiary/aromatic N) is 5. The fraction of sp³-hybridized carbons (Fsp3) is 0.667. The minimum Gasteiger partial charge on any atom is -0.352 e. The van der Waals surface area contributed by atoms with Crippen LogP contribution in [0, 0.1) is 0 Å². The first-order chi connectivity index (χ1) is 12.4. The van der Waals surface area contributed by atoms with Gasteiger partial charge in [-0.05, 0) is 6.42 Å². The molecule has 0 fully saturated rings. The van der Waals surface area contributed by atoms with Gasteiger partial charge in [0.05, 0.1) is 18.8 Å². The van der Waals surface area contributed by atoms with E-state index in [0.717, 1.165) is 54.1 Å². The topological polar surface area (TPSA) is 80.0 Å². The molecular weight excluding hydrogens is 473 g/mol. The van der Waals surface area contributed by atoms with Crippen molar-refractivity contribution >= 4 is 41.3 Å². The summed E-state index contributed by atoms with van der Waals surface area (Å²) in [7, 11) is 1.80. The Kier molecular flexibility index (Phi) is 7.61. The number of aliphatic imine (C=N–C) groups is 1. The number of guanidine groups is 1. The highest BCUT2D eigenvalue weighted by molar-refractivity contribution is 14.0. The van der Waals surface area contributed by atoms with Crippen LogP contribution in [0.5, 0.6) is 0 Å². The molecule has 0 amide bonds. The molecule has 3 rings (SSSR count). The monoisotopic (exact) mass is 503 g/mol. The summed E-state index contributed by atoms with van der Waals surface area (Å²) in [5, 5.41) is 14.7. The van der Waals surface area contributed by atoms with E-state index < -0.39 is 0 Å². The summed E-state index contributed by atoms with van der Waals surface area (Å²) >= 11 is 1.69.